The topological polar surface area (TPSA) is 15.3 Å². The van der Waals surface area contributed by atoms with Gasteiger partial charge in [0.25, 0.3) is 0 Å². The van der Waals surface area contributed by atoms with E-state index >= 15 is 0 Å². The van der Waals surface area contributed by atoms with Crippen LogP contribution in [0.15, 0.2) is 17.5 Å². The van der Waals surface area contributed by atoms with Gasteiger partial charge in [-0.25, -0.2) is 0 Å². The maximum absolute atomic E-state index is 3.64. The zero-order valence-corrected chi connectivity index (χ0v) is 11.1. The molecule has 0 aromatic carbocycles. The smallest absolute Gasteiger partial charge is 0.0329 e. The van der Waals surface area contributed by atoms with Crippen LogP contribution in [0.3, 0.4) is 0 Å². The van der Waals surface area contributed by atoms with Crippen LogP contribution in [0.5, 0.6) is 0 Å². The van der Waals surface area contributed by atoms with Crippen LogP contribution in [0.1, 0.15) is 25.1 Å². The van der Waals surface area contributed by atoms with E-state index in [2.05, 4.69) is 41.6 Å². The maximum atomic E-state index is 3.64. The molecule has 90 valence electrons. The predicted octanol–water partition coefficient (Wildman–Crippen LogP) is 2.57. The van der Waals surface area contributed by atoms with Crippen LogP contribution in [0, 0.1) is 5.92 Å². The molecule has 16 heavy (non-hydrogen) atoms. The third-order valence-electron chi connectivity index (χ3n) is 3.58. The van der Waals surface area contributed by atoms with E-state index in [1.807, 2.05) is 11.3 Å². The average Bonchev–Trinajstić information content (AvgIpc) is 2.81. The van der Waals surface area contributed by atoms with Crippen LogP contribution in [-0.2, 0) is 6.54 Å². The molecule has 1 aliphatic heterocycles. The first-order chi connectivity index (χ1) is 7.79. The first-order valence-corrected chi connectivity index (χ1v) is 7.15. The second-order valence-electron chi connectivity index (χ2n) is 4.76. The van der Waals surface area contributed by atoms with Crippen molar-refractivity contribution in [2.24, 2.45) is 5.92 Å². The summed E-state index contributed by atoms with van der Waals surface area (Å²) < 4.78 is 0. The van der Waals surface area contributed by atoms with Gasteiger partial charge in [-0.2, -0.15) is 0 Å². The molecule has 1 aromatic heterocycles. The van der Waals surface area contributed by atoms with Crippen LogP contribution in [0.2, 0.25) is 0 Å². The Labute approximate surface area is 103 Å². The van der Waals surface area contributed by atoms with Crippen molar-refractivity contribution in [1.82, 2.24) is 10.2 Å². The summed E-state index contributed by atoms with van der Waals surface area (Å²) in [5, 5.41) is 5.81. The second-order valence-corrected chi connectivity index (χ2v) is 5.79. The summed E-state index contributed by atoms with van der Waals surface area (Å²) in [5.74, 6) is 0.783. The molecule has 1 aliphatic rings. The molecule has 2 nitrogen and oxygen atoms in total. The average molecular weight is 238 g/mol. The summed E-state index contributed by atoms with van der Waals surface area (Å²) in [5.41, 5.74) is 0. The molecule has 0 spiro atoms. The Morgan fingerprint density at radius 2 is 2.50 bits per heavy atom. The normalized spacial score (nSPS) is 24.5. The SMILES string of the molecule is CCC(C)C1CN(Cc2cccs2)CCN1. The molecular weight excluding hydrogens is 216 g/mol. The lowest BCUT2D eigenvalue weighted by molar-refractivity contribution is 0.163. The number of nitrogens with zero attached hydrogens (tertiary/aromatic N) is 1. The molecule has 0 amide bonds. The highest BCUT2D eigenvalue weighted by atomic mass is 32.1. The van der Waals surface area contributed by atoms with Crippen LogP contribution in [-0.4, -0.2) is 30.6 Å². The number of thiophene rings is 1. The standard InChI is InChI=1S/C13H22N2S/c1-3-11(2)13-10-15(7-6-14-13)9-12-5-4-8-16-12/h4-5,8,11,13-14H,3,6-7,9-10H2,1-2H3. The zero-order chi connectivity index (χ0) is 11.4. The lowest BCUT2D eigenvalue weighted by atomic mass is 9.97. The monoisotopic (exact) mass is 238 g/mol. The van der Waals surface area contributed by atoms with Crippen molar-refractivity contribution in [3.8, 4) is 0 Å². The molecular formula is C13H22N2S. The minimum absolute atomic E-state index is 0.679. The molecule has 0 bridgehead atoms. The Bertz CT molecular complexity index is 297. The Balaban J connectivity index is 1.87. The third kappa shape index (κ3) is 3.06. The Hall–Kier alpha value is -0.380. The molecule has 1 fully saturated rings. The number of rotatable bonds is 4. The number of nitrogens with one attached hydrogen (secondary N) is 1. The van der Waals surface area contributed by atoms with Crippen molar-refractivity contribution in [2.45, 2.75) is 32.9 Å². The summed E-state index contributed by atoms with van der Waals surface area (Å²) in [6.07, 6.45) is 1.27. The van der Waals surface area contributed by atoms with Crippen LogP contribution in [0.25, 0.3) is 0 Å². The highest BCUT2D eigenvalue weighted by Crippen LogP contribution is 2.16. The van der Waals surface area contributed by atoms with Crippen molar-refractivity contribution in [3.63, 3.8) is 0 Å². The van der Waals surface area contributed by atoms with Crippen molar-refractivity contribution in [3.05, 3.63) is 22.4 Å². The quantitative estimate of drug-likeness (QED) is 0.867. The number of piperazine rings is 1. The van der Waals surface area contributed by atoms with Crippen molar-refractivity contribution >= 4 is 11.3 Å². The van der Waals surface area contributed by atoms with Gasteiger partial charge in [0.2, 0.25) is 0 Å². The molecule has 1 saturated heterocycles. The second kappa shape index (κ2) is 5.80. The summed E-state index contributed by atoms with van der Waals surface area (Å²) in [4.78, 5) is 4.07. The fourth-order valence-corrected chi connectivity index (χ4v) is 3.02. The fraction of sp³-hybridized carbons (Fsp3) is 0.692. The van der Waals surface area contributed by atoms with Crippen LogP contribution < -0.4 is 5.32 Å². The molecule has 2 unspecified atom stereocenters. The fourth-order valence-electron chi connectivity index (χ4n) is 2.27. The molecule has 0 radical (unpaired) electrons. The van der Waals surface area contributed by atoms with Gasteiger partial charge in [-0.3, -0.25) is 4.90 Å². The van der Waals surface area contributed by atoms with Gasteiger partial charge in [0.1, 0.15) is 0 Å². The van der Waals surface area contributed by atoms with Gasteiger partial charge < -0.3 is 5.32 Å². The van der Waals surface area contributed by atoms with Crippen LogP contribution >= 0.6 is 11.3 Å². The van der Waals surface area contributed by atoms with Crippen molar-refractivity contribution in [1.29, 1.82) is 0 Å². The Morgan fingerprint density at radius 1 is 1.62 bits per heavy atom. The van der Waals surface area contributed by atoms with Gasteiger partial charge in [0.15, 0.2) is 0 Å². The first-order valence-electron chi connectivity index (χ1n) is 6.27. The van der Waals surface area contributed by atoms with Gasteiger partial charge in [0.05, 0.1) is 0 Å². The van der Waals surface area contributed by atoms with E-state index in [1.165, 1.54) is 24.4 Å². The molecule has 0 aliphatic carbocycles. The summed E-state index contributed by atoms with van der Waals surface area (Å²) >= 11 is 1.87. The zero-order valence-electron chi connectivity index (χ0n) is 10.3. The highest BCUT2D eigenvalue weighted by Gasteiger charge is 2.23. The van der Waals surface area contributed by atoms with E-state index in [9.17, 15) is 0 Å². The largest absolute Gasteiger partial charge is 0.311 e. The van der Waals surface area contributed by atoms with E-state index in [0.29, 0.717) is 6.04 Å². The van der Waals surface area contributed by atoms with Gasteiger partial charge in [-0.1, -0.05) is 26.3 Å². The molecule has 3 heteroatoms. The highest BCUT2D eigenvalue weighted by molar-refractivity contribution is 7.09. The van der Waals surface area contributed by atoms with Gasteiger partial charge >= 0.3 is 0 Å². The van der Waals surface area contributed by atoms with Gasteiger partial charge in [-0.15, -0.1) is 11.3 Å². The van der Waals surface area contributed by atoms with Gasteiger partial charge in [0, 0.05) is 37.1 Å². The molecule has 1 aromatic rings. The van der Waals surface area contributed by atoms with Crippen molar-refractivity contribution < 1.29 is 0 Å². The van der Waals surface area contributed by atoms with E-state index < -0.39 is 0 Å². The van der Waals surface area contributed by atoms with Crippen molar-refractivity contribution in [2.75, 3.05) is 19.6 Å². The maximum Gasteiger partial charge on any atom is 0.0329 e. The predicted molar refractivity (Wildman–Crippen MR) is 70.8 cm³/mol. The molecule has 1 N–H and O–H groups in total. The number of hydrogen-bond acceptors (Lipinski definition) is 3. The number of hydrogen-bond donors (Lipinski definition) is 1. The summed E-state index contributed by atoms with van der Waals surface area (Å²) in [6.45, 7) is 9.29. The van der Waals surface area contributed by atoms with E-state index in [0.717, 1.165) is 19.0 Å². The molecule has 2 rings (SSSR count). The minimum Gasteiger partial charge on any atom is -0.311 e. The third-order valence-corrected chi connectivity index (χ3v) is 4.44. The lowest BCUT2D eigenvalue weighted by Crippen LogP contribution is -2.52. The Morgan fingerprint density at radius 3 is 3.19 bits per heavy atom. The summed E-state index contributed by atoms with van der Waals surface area (Å²) in [7, 11) is 0. The van der Waals surface area contributed by atoms with E-state index in [-0.39, 0.29) is 0 Å². The van der Waals surface area contributed by atoms with E-state index in [1.54, 1.807) is 0 Å². The lowest BCUT2D eigenvalue weighted by Gasteiger charge is -2.36. The van der Waals surface area contributed by atoms with Crippen LogP contribution in [0.4, 0.5) is 0 Å². The molecule has 0 saturated carbocycles. The minimum atomic E-state index is 0.679. The molecule has 2 heterocycles. The van der Waals surface area contributed by atoms with E-state index in [4.69, 9.17) is 0 Å². The Kier molecular flexibility index (Phi) is 4.38. The molecule has 2 atom stereocenters. The first kappa shape index (κ1) is 12.1. The van der Waals surface area contributed by atoms with Gasteiger partial charge in [-0.05, 0) is 17.4 Å². The summed E-state index contributed by atoms with van der Waals surface area (Å²) in [6, 6.07) is 5.07.